The lowest BCUT2D eigenvalue weighted by Gasteiger charge is -2.13. The summed E-state index contributed by atoms with van der Waals surface area (Å²) in [5.41, 5.74) is 7.85. The van der Waals surface area contributed by atoms with E-state index in [9.17, 15) is 0 Å². The van der Waals surface area contributed by atoms with Crippen LogP contribution in [0.1, 0.15) is 49.3 Å². The van der Waals surface area contributed by atoms with E-state index in [1.54, 1.807) is 0 Å². The second-order valence-corrected chi connectivity index (χ2v) is 8.33. The number of rotatable bonds is 4. The Labute approximate surface area is 177 Å². The molecule has 2 heterocycles. The smallest absolute Gasteiger partial charge is 0.135 e. The topological polar surface area (TPSA) is 26.0 Å². The molecule has 0 spiro atoms. The van der Waals surface area contributed by atoms with Gasteiger partial charge in [-0.25, -0.2) is 0 Å². The molecule has 2 nitrogen and oxygen atoms in total. The van der Waals surface area contributed by atoms with Crippen LogP contribution in [0.3, 0.4) is 0 Å². The summed E-state index contributed by atoms with van der Waals surface area (Å²) in [6.45, 7) is 6.65. The first kappa shape index (κ1) is 18.6. The number of fused-ring (bicyclic) bond motifs is 3. The average molecular weight is 392 g/mol. The van der Waals surface area contributed by atoms with Gasteiger partial charge in [-0.15, -0.1) is 0 Å². The highest BCUT2D eigenvalue weighted by Crippen LogP contribution is 2.34. The fourth-order valence-electron chi connectivity index (χ4n) is 4.12. The van der Waals surface area contributed by atoms with Gasteiger partial charge in [0, 0.05) is 28.5 Å². The maximum Gasteiger partial charge on any atom is 0.135 e. The van der Waals surface area contributed by atoms with Crippen molar-refractivity contribution in [3.8, 4) is 11.3 Å². The number of aromatic nitrogens is 1. The largest absolute Gasteiger partial charge is 0.456 e. The molecule has 0 fully saturated rings. The standard InChI is InChI=1S/C28H25NO/c1-18(2)21-9-11-24-25-15-23(10-12-27(25)30-28(24)17-21)26-16-22(13-14-29-26)19(3)20-7-5-4-6-8-20/h4-19H,1-3H3. The van der Waals surface area contributed by atoms with Crippen LogP contribution in [-0.4, -0.2) is 4.98 Å². The molecule has 0 N–H and O–H groups in total. The van der Waals surface area contributed by atoms with Crippen LogP contribution >= 0.6 is 0 Å². The van der Waals surface area contributed by atoms with Gasteiger partial charge in [-0.3, -0.25) is 4.98 Å². The van der Waals surface area contributed by atoms with Gasteiger partial charge >= 0.3 is 0 Å². The second-order valence-electron chi connectivity index (χ2n) is 8.33. The van der Waals surface area contributed by atoms with Crippen molar-refractivity contribution in [2.45, 2.75) is 32.6 Å². The molecule has 1 unspecified atom stereocenters. The van der Waals surface area contributed by atoms with Gasteiger partial charge in [0.25, 0.3) is 0 Å². The summed E-state index contributed by atoms with van der Waals surface area (Å²) in [4.78, 5) is 4.66. The van der Waals surface area contributed by atoms with Crippen molar-refractivity contribution in [2.24, 2.45) is 0 Å². The summed E-state index contributed by atoms with van der Waals surface area (Å²) in [5.74, 6) is 0.803. The number of furan rings is 1. The maximum absolute atomic E-state index is 6.13. The van der Waals surface area contributed by atoms with Crippen molar-refractivity contribution in [3.63, 3.8) is 0 Å². The first-order valence-corrected chi connectivity index (χ1v) is 10.6. The van der Waals surface area contributed by atoms with Crippen molar-refractivity contribution < 1.29 is 4.42 Å². The molecule has 0 bridgehead atoms. The number of hydrogen-bond acceptors (Lipinski definition) is 2. The fraction of sp³-hybridized carbons (Fsp3) is 0.179. The van der Waals surface area contributed by atoms with Gasteiger partial charge in [-0.05, 0) is 59.0 Å². The first-order chi connectivity index (χ1) is 14.6. The quantitative estimate of drug-likeness (QED) is 0.311. The highest BCUT2D eigenvalue weighted by Gasteiger charge is 2.13. The molecule has 5 rings (SSSR count). The van der Waals surface area contributed by atoms with Crippen molar-refractivity contribution >= 4 is 21.9 Å². The molecule has 5 aromatic rings. The zero-order valence-electron chi connectivity index (χ0n) is 17.6. The Morgan fingerprint density at radius 1 is 0.667 bits per heavy atom. The van der Waals surface area contributed by atoms with Crippen LogP contribution in [0.15, 0.2) is 89.5 Å². The normalized spacial score (nSPS) is 12.7. The van der Waals surface area contributed by atoms with E-state index in [1.165, 1.54) is 16.7 Å². The molecule has 0 aliphatic heterocycles. The van der Waals surface area contributed by atoms with Crippen molar-refractivity contribution in [3.05, 3.63) is 102 Å². The molecule has 2 heteroatoms. The summed E-state index contributed by atoms with van der Waals surface area (Å²) in [6, 6.07) is 27.8. The lowest BCUT2D eigenvalue weighted by molar-refractivity contribution is 0.667. The molecule has 0 amide bonds. The molecule has 0 saturated carbocycles. The molecule has 0 radical (unpaired) electrons. The molecular formula is C28H25NO. The van der Waals surface area contributed by atoms with Gasteiger partial charge < -0.3 is 4.42 Å². The van der Waals surface area contributed by atoms with E-state index in [0.717, 1.165) is 33.2 Å². The van der Waals surface area contributed by atoms with E-state index in [4.69, 9.17) is 4.42 Å². The van der Waals surface area contributed by atoms with Crippen LogP contribution in [0.4, 0.5) is 0 Å². The lowest BCUT2D eigenvalue weighted by Crippen LogP contribution is -1.97. The van der Waals surface area contributed by atoms with Crippen LogP contribution in [0, 0.1) is 0 Å². The van der Waals surface area contributed by atoms with Crippen LogP contribution in [0.2, 0.25) is 0 Å². The number of pyridine rings is 1. The highest BCUT2D eigenvalue weighted by molar-refractivity contribution is 6.06. The SMILES string of the molecule is CC(C)c1ccc2c(c1)oc1ccc(-c3cc(C(C)c4ccccc4)ccn3)cc12. The molecule has 148 valence electrons. The Bertz CT molecular complexity index is 1330. The van der Waals surface area contributed by atoms with Gasteiger partial charge in [-0.1, -0.05) is 63.2 Å². The molecule has 0 aliphatic carbocycles. The highest BCUT2D eigenvalue weighted by atomic mass is 16.3. The van der Waals surface area contributed by atoms with Crippen LogP contribution in [0.25, 0.3) is 33.2 Å². The summed E-state index contributed by atoms with van der Waals surface area (Å²) in [5, 5.41) is 2.30. The van der Waals surface area contributed by atoms with Gasteiger partial charge in [0.05, 0.1) is 5.69 Å². The van der Waals surface area contributed by atoms with E-state index in [-0.39, 0.29) is 0 Å². The van der Waals surface area contributed by atoms with Crippen molar-refractivity contribution in [1.29, 1.82) is 0 Å². The predicted molar refractivity (Wildman–Crippen MR) is 125 cm³/mol. The minimum Gasteiger partial charge on any atom is -0.456 e. The van der Waals surface area contributed by atoms with Gasteiger partial charge in [-0.2, -0.15) is 0 Å². The average Bonchev–Trinajstić information content (AvgIpc) is 3.16. The Hall–Kier alpha value is -3.39. The molecule has 3 aromatic carbocycles. The Balaban J connectivity index is 1.57. The third kappa shape index (κ3) is 3.29. The Kier molecular flexibility index (Phi) is 4.63. The summed E-state index contributed by atoms with van der Waals surface area (Å²) in [6.07, 6.45) is 1.91. The van der Waals surface area contributed by atoms with Gasteiger partial charge in [0.2, 0.25) is 0 Å². The number of hydrogen-bond donors (Lipinski definition) is 0. The number of benzene rings is 3. The summed E-state index contributed by atoms with van der Waals surface area (Å²) < 4.78 is 6.13. The maximum atomic E-state index is 6.13. The number of nitrogens with zero attached hydrogens (tertiary/aromatic N) is 1. The zero-order chi connectivity index (χ0) is 20.7. The van der Waals surface area contributed by atoms with E-state index >= 15 is 0 Å². The van der Waals surface area contributed by atoms with Gasteiger partial charge in [0.15, 0.2) is 0 Å². The Morgan fingerprint density at radius 2 is 1.50 bits per heavy atom. The predicted octanol–water partition coefficient (Wildman–Crippen LogP) is 7.92. The van der Waals surface area contributed by atoms with Crippen molar-refractivity contribution in [2.75, 3.05) is 0 Å². The Morgan fingerprint density at radius 3 is 2.30 bits per heavy atom. The van der Waals surface area contributed by atoms with Crippen LogP contribution in [-0.2, 0) is 0 Å². The van der Waals surface area contributed by atoms with E-state index in [1.807, 2.05) is 6.20 Å². The lowest BCUT2D eigenvalue weighted by atomic mass is 9.92. The zero-order valence-corrected chi connectivity index (χ0v) is 17.6. The monoisotopic (exact) mass is 391 g/mol. The molecule has 2 aromatic heterocycles. The molecule has 0 saturated heterocycles. The van der Waals surface area contributed by atoms with E-state index in [0.29, 0.717) is 11.8 Å². The summed E-state index contributed by atoms with van der Waals surface area (Å²) >= 11 is 0. The molecule has 1 atom stereocenters. The second kappa shape index (κ2) is 7.46. The van der Waals surface area contributed by atoms with E-state index < -0.39 is 0 Å². The van der Waals surface area contributed by atoms with Crippen LogP contribution < -0.4 is 0 Å². The van der Waals surface area contributed by atoms with Gasteiger partial charge in [0.1, 0.15) is 11.2 Å². The minimum absolute atomic E-state index is 0.320. The first-order valence-electron chi connectivity index (χ1n) is 10.6. The third-order valence-corrected chi connectivity index (χ3v) is 6.04. The third-order valence-electron chi connectivity index (χ3n) is 6.04. The molecule has 30 heavy (non-hydrogen) atoms. The molecular weight excluding hydrogens is 366 g/mol. The summed E-state index contributed by atoms with van der Waals surface area (Å²) in [7, 11) is 0. The minimum atomic E-state index is 0.320. The fourth-order valence-corrected chi connectivity index (χ4v) is 4.12. The van der Waals surface area contributed by atoms with E-state index in [2.05, 4.69) is 105 Å². The van der Waals surface area contributed by atoms with Crippen molar-refractivity contribution in [1.82, 2.24) is 4.98 Å². The van der Waals surface area contributed by atoms with Crippen LogP contribution in [0.5, 0.6) is 0 Å². The molecule has 0 aliphatic rings.